The molecule has 0 aliphatic rings. The smallest absolute Gasteiger partial charge is 0.155 e. The van der Waals surface area contributed by atoms with Crippen LogP contribution in [0.4, 0.5) is 0 Å². The van der Waals surface area contributed by atoms with Gasteiger partial charge < -0.3 is 4.74 Å². The third-order valence-electron chi connectivity index (χ3n) is 2.83. The van der Waals surface area contributed by atoms with Gasteiger partial charge in [0.2, 0.25) is 0 Å². The summed E-state index contributed by atoms with van der Waals surface area (Å²) in [7, 11) is 1.64. The van der Waals surface area contributed by atoms with Crippen LogP contribution in [0.3, 0.4) is 0 Å². The van der Waals surface area contributed by atoms with Gasteiger partial charge in [-0.05, 0) is 30.2 Å². The highest BCUT2D eigenvalue weighted by Gasteiger charge is 1.97. The van der Waals surface area contributed by atoms with Gasteiger partial charge in [0, 0.05) is 6.42 Å². The SMILES string of the molecule is CCCCCCC(=O)/C=C/c1cccc(OC)c1. The van der Waals surface area contributed by atoms with E-state index in [-0.39, 0.29) is 5.78 Å². The first-order valence-corrected chi connectivity index (χ1v) is 6.61. The molecule has 1 aromatic rings. The molecule has 0 amide bonds. The van der Waals surface area contributed by atoms with Crippen molar-refractivity contribution in [3.63, 3.8) is 0 Å². The van der Waals surface area contributed by atoms with Crippen LogP contribution in [0, 0.1) is 0 Å². The van der Waals surface area contributed by atoms with E-state index < -0.39 is 0 Å². The van der Waals surface area contributed by atoms with Crippen LogP contribution in [0.25, 0.3) is 6.08 Å². The Morgan fingerprint density at radius 3 is 2.83 bits per heavy atom. The highest BCUT2D eigenvalue weighted by Crippen LogP contribution is 2.14. The fourth-order valence-electron chi connectivity index (χ4n) is 1.74. The third kappa shape index (κ3) is 5.67. The zero-order chi connectivity index (χ0) is 13.2. The fourth-order valence-corrected chi connectivity index (χ4v) is 1.74. The van der Waals surface area contributed by atoms with Gasteiger partial charge in [0.1, 0.15) is 5.75 Å². The van der Waals surface area contributed by atoms with Gasteiger partial charge in [0.05, 0.1) is 7.11 Å². The Morgan fingerprint density at radius 1 is 1.28 bits per heavy atom. The number of unbranched alkanes of at least 4 members (excludes halogenated alkanes) is 3. The lowest BCUT2D eigenvalue weighted by Crippen LogP contribution is -1.92. The van der Waals surface area contributed by atoms with Crippen LogP contribution in [0.1, 0.15) is 44.6 Å². The number of rotatable bonds is 8. The summed E-state index contributed by atoms with van der Waals surface area (Å²) in [6.45, 7) is 2.17. The molecule has 0 atom stereocenters. The second-order valence-corrected chi connectivity index (χ2v) is 4.39. The second kappa shape index (κ2) is 8.51. The van der Waals surface area contributed by atoms with Crippen molar-refractivity contribution >= 4 is 11.9 Å². The maximum absolute atomic E-state index is 11.6. The normalized spacial score (nSPS) is 10.8. The minimum absolute atomic E-state index is 0.203. The van der Waals surface area contributed by atoms with E-state index in [1.165, 1.54) is 12.8 Å². The molecule has 0 saturated carbocycles. The van der Waals surface area contributed by atoms with Crippen molar-refractivity contribution in [2.75, 3.05) is 7.11 Å². The fraction of sp³-hybridized carbons (Fsp3) is 0.438. The number of allylic oxidation sites excluding steroid dienone is 1. The van der Waals surface area contributed by atoms with E-state index in [1.54, 1.807) is 13.2 Å². The first kappa shape index (κ1) is 14.5. The lowest BCUT2D eigenvalue weighted by Gasteiger charge is -2.00. The van der Waals surface area contributed by atoms with Crippen LogP contribution in [0.15, 0.2) is 30.3 Å². The third-order valence-corrected chi connectivity index (χ3v) is 2.83. The molecule has 1 aromatic carbocycles. The topological polar surface area (TPSA) is 26.3 Å². The highest BCUT2D eigenvalue weighted by molar-refractivity contribution is 5.93. The van der Waals surface area contributed by atoms with Crippen LogP contribution in [-0.4, -0.2) is 12.9 Å². The summed E-state index contributed by atoms with van der Waals surface area (Å²) >= 11 is 0. The Labute approximate surface area is 110 Å². The van der Waals surface area contributed by atoms with Gasteiger partial charge in [-0.3, -0.25) is 4.79 Å². The summed E-state index contributed by atoms with van der Waals surface area (Å²) in [5.41, 5.74) is 0.997. The molecular formula is C16H22O2. The Hall–Kier alpha value is -1.57. The minimum Gasteiger partial charge on any atom is -0.497 e. The monoisotopic (exact) mass is 246 g/mol. The zero-order valence-electron chi connectivity index (χ0n) is 11.3. The molecule has 0 aromatic heterocycles. The lowest BCUT2D eigenvalue weighted by molar-refractivity contribution is -0.114. The van der Waals surface area contributed by atoms with Gasteiger partial charge in [0.25, 0.3) is 0 Å². The van der Waals surface area contributed by atoms with Gasteiger partial charge in [-0.25, -0.2) is 0 Å². The first-order chi connectivity index (χ1) is 8.76. The van der Waals surface area contributed by atoms with E-state index in [9.17, 15) is 4.79 Å². The molecule has 0 fully saturated rings. The zero-order valence-corrected chi connectivity index (χ0v) is 11.3. The van der Waals surface area contributed by atoms with E-state index in [2.05, 4.69) is 6.92 Å². The molecule has 98 valence electrons. The number of carbonyl (C=O) groups is 1. The minimum atomic E-state index is 0.203. The van der Waals surface area contributed by atoms with E-state index >= 15 is 0 Å². The lowest BCUT2D eigenvalue weighted by atomic mass is 10.1. The highest BCUT2D eigenvalue weighted by atomic mass is 16.5. The Morgan fingerprint density at radius 2 is 2.11 bits per heavy atom. The number of ether oxygens (including phenoxy) is 1. The number of carbonyl (C=O) groups excluding carboxylic acids is 1. The predicted molar refractivity (Wildman–Crippen MR) is 75.8 cm³/mol. The predicted octanol–water partition coefficient (Wildman–Crippen LogP) is 4.25. The van der Waals surface area contributed by atoms with E-state index in [0.29, 0.717) is 6.42 Å². The van der Waals surface area contributed by atoms with E-state index in [4.69, 9.17) is 4.74 Å². The van der Waals surface area contributed by atoms with E-state index in [0.717, 1.165) is 24.2 Å². The van der Waals surface area contributed by atoms with Gasteiger partial charge in [-0.1, -0.05) is 44.4 Å². The number of ketones is 1. The van der Waals surface area contributed by atoms with Gasteiger partial charge >= 0.3 is 0 Å². The summed E-state index contributed by atoms with van der Waals surface area (Å²) in [5, 5.41) is 0. The standard InChI is InChI=1S/C16H22O2/c1-3-4-5-6-9-15(17)12-11-14-8-7-10-16(13-14)18-2/h7-8,10-13H,3-6,9H2,1-2H3/b12-11+. The van der Waals surface area contributed by atoms with Crippen LogP contribution < -0.4 is 4.74 Å². The van der Waals surface area contributed by atoms with Crippen molar-refractivity contribution in [3.05, 3.63) is 35.9 Å². The average molecular weight is 246 g/mol. The molecule has 2 nitrogen and oxygen atoms in total. The van der Waals surface area contributed by atoms with Crippen molar-refractivity contribution < 1.29 is 9.53 Å². The maximum atomic E-state index is 11.6. The molecule has 0 aliphatic carbocycles. The summed E-state index contributed by atoms with van der Waals surface area (Å²) in [6.07, 6.45) is 8.73. The Balaban J connectivity index is 2.40. The molecule has 0 radical (unpaired) electrons. The summed E-state index contributed by atoms with van der Waals surface area (Å²) in [6, 6.07) is 7.69. The molecule has 2 heteroatoms. The van der Waals surface area contributed by atoms with Crippen LogP contribution >= 0.6 is 0 Å². The second-order valence-electron chi connectivity index (χ2n) is 4.39. The van der Waals surface area contributed by atoms with Gasteiger partial charge in [-0.15, -0.1) is 0 Å². The molecule has 0 heterocycles. The van der Waals surface area contributed by atoms with Crippen molar-refractivity contribution in [2.45, 2.75) is 39.0 Å². The van der Waals surface area contributed by atoms with Crippen molar-refractivity contribution in [1.82, 2.24) is 0 Å². The molecule has 0 saturated heterocycles. The van der Waals surface area contributed by atoms with Gasteiger partial charge in [-0.2, -0.15) is 0 Å². The summed E-state index contributed by atoms with van der Waals surface area (Å²) in [4.78, 5) is 11.6. The van der Waals surface area contributed by atoms with Crippen molar-refractivity contribution in [1.29, 1.82) is 0 Å². The molecular weight excluding hydrogens is 224 g/mol. The van der Waals surface area contributed by atoms with Crippen molar-refractivity contribution in [2.24, 2.45) is 0 Å². The molecule has 18 heavy (non-hydrogen) atoms. The molecule has 0 spiro atoms. The van der Waals surface area contributed by atoms with Crippen LogP contribution in [0.2, 0.25) is 0 Å². The average Bonchev–Trinajstić information content (AvgIpc) is 2.41. The quantitative estimate of drug-likeness (QED) is 0.506. The van der Waals surface area contributed by atoms with E-state index in [1.807, 2.05) is 30.3 Å². The Bertz CT molecular complexity index is 394. The number of hydrogen-bond donors (Lipinski definition) is 0. The molecule has 0 N–H and O–H groups in total. The molecule has 0 aliphatic heterocycles. The summed E-state index contributed by atoms with van der Waals surface area (Å²) in [5.74, 6) is 1.02. The van der Waals surface area contributed by atoms with Crippen LogP contribution in [0.5, 0.6) is 5.75 Å². The summed E-state index contributed by atoms with van der Waals surface area (Å²) < 4.78 is 5.13. The molecule has 0 unspecified atom stereocenters. The molecule has 0 bridgehead atoms. The molecule has 1 rings (SSSR count). The number of benzene rings is 1. The largest absolute Gasteiger partial charge is 0.497 e. The van der Waals surface area contributed by atoms with Gasteiger partial charge in [0.15, 0.2) is 5.78 Å². The number of methoxy groups -OCH3 is 1. The number of hydrogen-bond acceptors (Lipinski definition) is 2. The Kier molecular flexibility index (Phi) is 6.85. The maximum Gasteiger partial charge on any atom is 0.155 e. The van der Waals surface area contributed by atoms with Crippen LogP contribution in [-0.2, 0) is 4.79 Å². The first-order valence-electron chi connectivity index (χ1n) is 6.61. The van der Waals surface area contributed by atoms with Crippen molar-refractivity contribution in [3.8, 4) is 5.75 Å².